The van der Waals surface area contributed by atoms with E-state index in [9.17, 15) is 14.6 Å². The minimum Gasteiger partial charge on any atom is -0.796 e. The van der Waals surface area contributed by atoms with Crippen molar-refractivity contribution in [1.82, 2.24) is 6.15 Å². The fourth-order valence-corrected chi connectivity index (χ4v) is 4.35. The summed E-state index contributed by atoms with van der Waals surface area (Å²) in [7, 11) is -3.85. The van der Waals surface area contributed by atoms with Gasteiger partial charge < -0.3 is 20.7 Å². The standard InChI is InChI=1S/C19H17O3P.H3N/c20-18-12-6-4-10-16(18)17-11-5-7-13-19(17)23(21,22)14-15-8-2-1-3-9-15;/h1-13,20H,14H2,(H,21,22);1H3. The van der Waals surface area contributed by atoms with E-state index in [2.05, 4.69) is 0 Å². The largest absolute Gasteiger partial charge is 0.796 e. The molecule has 0 aliphatic rings. The van der Waals surface area contributed by atoms with Crippen LogP contribution in [-0.2, 0) is 10.7 Å². The van der Waals surface area contributed by atoms with Crippen LogP contribution >= 0.6 is 7.37 Å². The van der Waals surface area contributed by atoms with Crippen molar-refractivity contribution in [3.05, 3.63) is 84.4 Å². The van der Waals surface area contributed by atoms with Crippen LogP contribution in [0.15, 0.2) is 78.9 Å². The van der Waals surface area contributed by atoms with Crippen LogP contribution in [0.2, 0.25) is 0 Å². The third kappa shape index (κ3) is 3.74. The molecule has 0 radical (unpaired) electrons. The fourth-order valence-electron chi connectivity index (χ4n) is 2.61. The van der Waals surface area contributed by atoms with Crippen molar-refractivity contribution < 1.29 is 14.6 Å². The summed E-state index contributed by atoms with van der Waals surface area (Å²) in [5.41, 5.74) is 1.80. The number of benzene rings is 3. The van der Waals surface area contributed by atoms with Gasteiger partial charge in [0.15, 0.2) is 0 Å². The second-order valence-electron chi connectivity index (χ2n) is 5.35. The zero-order valence-corrected chi connectivity index (χ0v) is 14.3. The van der Waals surface area contributed by atoms with Gasteiger partial charge in [-0.3, -0.25) is 0 Å². The molecule has 0 spiro atoms. The van der Waals surface area contributed by atoms with Crippen LogP contribution in [0.1, 0.15) is 5.56 Å². The Bertz CT molecular complexity index is 865. The van der Waals surface area contributed by atoms with E-state index in [1.807, 2.05) is 18.2 Å². The molecule has 0 saturated heterocycles. The lowest BCUT2D eigenvalue weighted by Crippen LogP contribution is -2.19. The molecular formula is C19H20NO3P. The van der Waals surface area contributed by atoms with Crippen LogP contribution < -0.4 is 16.3 Å². The maximum absolute atomic E-state index is 12.9. The minimum atomic E-state index is -3.85. The highest BCUT2D eigenvalue weighted by atomic mass is 31.2. The molecule has 5 heteroatoms. The zero-order valence-electron chi connectivity index (χ0n) is 13.4. The number of phenols is 1. The average Bonchev–Trinajstić information content (AvgIpc) is 2.56. The molecule has 24 heavy (non-hydrogen) atoms. The van der Waals surface area contributed by atoms with Crippen molar-refractivity contribution in [3.63, 3.8) is 0 Å². The van der Waals surface area contributed by atoms with Crippen molar-refractivity contribution in [3.8, 4) is 16.9 Å². The number of hydrogen-bond acceptors (Lipinski definition) is 3. The van der Waals surface area contributed by atoms with Gasteiger partial charge >= 0.3 is 0 Å². The first kappa shape index (κ1) is 18.0. The predicted molar refractivity (Wildman–Crippen MR) is 96.9 cm³/mol. The molecule has 3 rings (SSSR count). The maximum atomic E-state index is 12.9. The van der Waals surface area contributed by atoms with Gasteiger partial charge in [0.05, 0.1) is 0 Å². The molecule has 0 heterocycles. The van der Waals surface area contributed by atoms with Crippen LogP contribution in [0, 0.1) is 0 Å². The Hall–Kier alpha value is -2.39. The number of phenolic OH excluding ortho intramolecular Hbond substituents is 1. The Kier molecular flexibility index (Phi) is 5.58. The summed E-state index contributed by atoms with van der Waals surface area (Å²) in [6.07, 6.45) is -0.0432. The first-order valence-electron chi connectivity index (χ1n) is 7.30. The van der Waals surface area contributed by atoms with Gasteiger partial charge in [-0.2, -0.15) is 0 Å². The van der Waals surface area contributed by atoms with Crippen LogP contribution in [0.3, 0.4) is 0 Å². The Morgan fingerprint density at radius 1 is 0.792 bits per heavy atom. The summed E-state index contributed by atoms with van der Waals surface area (Å²) in [6, 6.07) is 22.7. The Balaban J connectivity index is 0.00000208. The quantitative estimate of drug-likeness (QED) is 0.704. The molecule has 0 aliphatic carbocycles. The molecule has 0 saturated carbocycles. The number of quaternary nitrogens is 1. The van der Waals surface area contributed by atoms with Crippen LogP contribution in [0.5, 0.6) is 5.75 Å². The molecule has 0 aliphatic heterocycles. The van der Waals surface area contributed by atoms with Crippen LogP contribution in [-0.4, -0.2) is 5.11 Å². The molecule has 0 amide bonds. The fraction of sp³-hybridized carbons (Fsp3) is 0.0526. The highest BCUT2D eigenvalue weighted by Gasteiger charge is 2.18. The van der Waals surface area contributed by atoms with Gasteiger partial charge in [0.2, 0.25) is 0 Å². The molecule has 3 aromatic carbocycles. The van der Waals surface area contributed by atoms with Crippen molar-refractivity contribution in [2.75, 3.05) is 0 Å². The summed E-state index contributed by atoms with van der Waals surface area (Å²) in [6.45, 7) is 0. The average molecular weight is 341 g/mol. The van der Waals surface area contributed by atoms with E-state index in [1.54, 1.807) is 60.7 Å². The van der Waals surface area contributed by atoms with E-state index in [4.69, 9.17) is 0 Å². The number of rotatable bonds is 4. The van der Waals surface area contributed by atoms with Gasteiger partial charge in [-0.05, 0) is 17.2 Å². The second-order valence-corrected chi connectivity index (χ2v) is 7.50. The Morgan fingerprint density at radius 3 is 2.00 bits per heavy atom. The molecule has 3 aromatic rings. The molecule has 1 unspecified atom stereocenters. The molecule has 0 aromatic heterocycles. The van der Waals surface area contributed by atoms with Crippen molar-refractivity contribution in [1.29, 1.82) is 0 Å². The molecule has 1 atom stereocenters. The van der Waals surface area contributed by atoms with E-state index in [0.29, 0.717) is 11.1 Å². The molecule has 4 nitrogen and oxygen atoms in total. The summed E-state index contributed by atoms with van der Waals surface area (Å²) in [4.78, 5) is 12.9. The van der Waals surface area contributed by atoms with Gasteiger partial charge in [-0.1, -0.05) is 72.8 Å². The van der Waals surface area contributed by atoms with Gasteiger partial charge in [0.1, 0.15) is 5.75 Å². The summed E-state index contributed by atoms with van der Waals surface area (Å²) in [5, 5.41) is 10.3. The van der Waals surface area contributed by atoms with Gasteiger partial charge in [0, 0.05) is 24.4 Å². The third-order valence-corrected chi connectivity index (χ3v) is 5.60. The van der Waals surface area contributed by atoms with E-state index < -0.39 is 7.37 Å². The van der Waals surface area contributed by atoms with Crippen molar-refractivity contribution in [2.45, 2.75) is 6.16 Å². The van der Waals surface area contributed by atoms with E-state index in [-0.39, 0.29) is 23.4 Å². The summed E-state index contributed by atoms with van der Waals surface area (Å²) < 4.78 is 12.9. The van der Waals surface area contributed by atoms with E-state index in [0.717, 1.165) is 5.56 Å². The topological polar surface area (TPSA) is 96.9 Å². The smallest absolute Gasteiger partial charge is 0.123 e. The zero-order chi connectivity index (χ0) is 16.3. The lowest BCUT2D eigenvalue weighted by Gasteiger charge is -2.26. The Labute approximate surface area is 141 Å². The molecule has 0 fully saturated rings. The highest BCUT2D eigenvalue weighted by molar-refractivity contribution is 7.64. The van der Waals surface area contributed by atoms with Crippen LogP contribution in [0.25, 0.3) is 11.1 Å². The molecule has 5 N–H and O–H groups in total. The summed E-state index contributed by atoms with van der Waals surface area (Å²) >= 11 is 0. The predicted octanol–water partition coefficient (Wildman–Crippen LogP) is 3.90. The lowest BCUT2D eigenvalue weighted by atomic mass is 10.0. The van der Waals surface area contributed by atoms with E-state index >= 15 is 0 Å². The number of hydrogen-bond donors (Lipinski definition) is 2. The maximum Gasteiger partial charge on any atom is 0.123 e. The summed E-state index contributed by atoms with van der Waals surface area (Å²) in [5.74, 6) is 0.0691. The number of aromatic hydroxyl groups is 1. The van der Waals surface area contributed by atoms with Crippen molar-refractivity contribution in [2.24, 2.45) is 0 Å². The third-order valence-electron chi connectivity index (χ3n) is 3.70. The van der Waals surface area contributed by atoms with Gasteiger partial charge in [-0.15, -0.1) is 0 Å². The molecule has 0 bridgehead atoms. The van der Waals surface area contributed by atoms with Crippen LogP contribution in [0.4, 0.5) is 0 Å². The Morgan fingerprint density at radius 2 is 1.33 bits per heavy atom. The number of para-hydroxylation sites is 1. The second kappa shape index (κ2) is 7.45. The molecular weight excluding hydrogens is 321 g/mol. The van der Waals surface area contributed by atoms with Gasteiger partial charge in [0.25, 0.3) is 0 Å². The monoisotopic (exact) mass is 341 g/mol. The highest BCUT2D eigenvalue weighted by Crippen LogP contribution is 2.43. The SMILES string of the molecule is O=P([O-])(Cc1ccccc1)c1ccccc1-c1ccccc1O.[NH4+]. The minimum absolute atomic E-state index is 0. The van der Waals surface area contributed by atoms with Crippen molar-refractivity contribution >= 4 is 12.7 Å². The van der Waals surface area contributed by atoms with E-state index in [1.165, 1.54) is 0 Å². The lowest BCUT2D eigenvalue weighted by molar-refractivity contribution is -0.171. The molecule has 124 valence electrons. The first-order chi connectivity index (χ1) is 11.1. The normalized spacial score (nSPS) is 12.9. The van der Waals surface area contributed by atoms with Gasteiger partial charge in [-0.25, -0.2) is 0 Å². The first-order valence-corrected chi connectivity index (χ1v) is 9.11.